The molecule has 0 spiro atoms. The highest BCUT2D eigenvalue weighted by molar-refractivity contribution is 5.08. The van der Waals surface area contributed by atoms with Gasteiger partial charge >= 0.3 is 0 Å². The number of hydrogen-bond acceptors (Lipinski definition) is 5. The number of fused-ring (bicyclic) bond motifs is 1. The summed E-state index contributed by atoms with van der Waals surface area (Å²) >= 11 is 0. The van der Waals surface area contributed by atoms with Crippen LogP contribution in [0.15, 0.2) is 18.6 Å². The van der Waals surface area contributed by atoms with Gasteiger partial charge in [0.05, 0.1) is 11.7 Å². The van der Waals surface area contributed by atoms with Crippen molar-refractivity contribution in [2.45, 2.75) is 44.3 Å². The van der Waals surface area contributed by atoms with Gasteiger partial charge in [-0.2, -0.15) is 0 Å². The molecular weight excluding hydrogens is 250 g/mol. The van der Waals surface area contributed by atoms with Crippen LogP contribution in [0.2, 0.25) is 0 Å². The molecule has 2 aliphatic heterocycles. The minimum absolute atomic E-state index is 0.220. The lowest BCUT2D eigenvalue weighted by molar-refractivity contribution is -0.00755. The number of piperidine rings is 1. The molecule has 2 saturated heterocycles. The summed E-state index contributed by atoms with van der Waals surface area (Å²) in [6.45, 7) is 6.48. The standard InChI is InChI=1S/C15H25N5/c1-12-9-19-7-3-2-4-13(19)10-20(12)15(8-16)14-5-6-17-11-18-14/h5-6,11-13,15H,2-4,7-10,16H2,1H3. The molecule has 0 aromatic carbocycles. The average molecular weight is 275 g/mol. The van der Waals surface area contributed by atoms with Gasteiger partial charge in [-0.15, -0.1) is 0 Å². The fourth-order valence-corrected chi connectivity index (χ4v) is 3.73. The molecular formula is C15H25N5. The van der Waals surface area contributed by atoms with E-state index in [2.05, 4.69) is 26.7 Å². The second-order valence-electron chi connectivity index (χ2n) is 6.08. The van der Waals surface area contributed by atoms with E-state index in [0.29, 0.717) is 18.6 Å². The Labute approximate surface area is 121 Å². The van der Waals surface area contributed by atoms with Crippen LogP contribution in [0.25, 0.3) is 0 Å². The predicted octanol–water partition coefficient (Wildman–Crippen LogP) is 1.03. The van der Waals surface area contributed by atoms with E-state index in [1.165, 1.54) is 25.8 Å². The topological polar surface area (TPSA) is 58.3 Å². The first-order chi connectivity index (χ1) is 9.79. The number of aromatic nitrogens is 2. The quantitative estimate of drug-likeness (QED) is 0.893. The van der Waals surface area contributed by atoms with Crippen molar-refractivity contribution in [3.05, 3.63) is 24.3 Å². The van der Waals surface area contributed by atoms with E-state index >= 15 is 0 Å². The number of rotatable bonds is 3. The van der Waals surface area contributed by atoms with Gasteiger partial charge < -0.3 is 5.73 Å². The summed E-state index contributed by atoms with van der Waals surface area (Å²) < 4.78 is 0. The average Bonchev–Trinajstić information content (AvgIpc) is 2.49. The number of nitrogens with zero attached hydrogens (tertiary/aromatic N) is 4. The summed E-state index contributed by atoms with van der Waals surface area (Å²) in [5.74, 6) is 0. The molecule has 5 nitrogen and oxygen atoms in total. The summed E-state index contributed by atoms with van der Waals surface area (Å²) in [5, 5.41) is 0. The zero-order valence-electron chi connectivity index (χ0n) is 12.3. The molecule has 0 amide bonds. The molecule has 0 radical (unpaired) electrons. The molecule has 3 rings (SSSR count). The van der Waals surface area contributed by atoms with Gasteiger partial charge in [0.1, 0.15) is 6.33 Å². The van der Waals surface area contributed by atoms with Crippen LogP contribution in [0, 0.1) is 0 Å². The fraction of sp³-hybridized carbons (Fsp3) is 0.733. The van der Waals surface area contributed by atoms with E-state index in [-0.39, 0.29) is 6.04 Å². The van der Waals surface area contributed by atoms with Gasteiger partial charge in [0.25, 0.3) is 0 Å². The van der Waals surface area contributed by atoms with Crippen LogP contribution in [-0.4, -0.2) is 58.0 Å². The SMILES string of the molecule is CC1CN2CCCCC2CN1C(CN)c1ccncn1. The second kappa shape index (κ2) is 6.16. The molecule has 110 valence electrons. The van der Waals surface area contributed by atoms with Gasteiger partial charge in [0.2, 0.25) is 0 Å². The molecule has 0 saturated carbocycles. The summed E-state index contributed by atoms with van der Waals surface area (Å²) in [6, 6.07) is 3.46. The first-order valence-corrected chi connectivity index (χ1v) is 7.75. The Balaban J connectivity index is 1.77. The molecule has 5 heteroatoms. The lowest BCUT2D eigenvalue weighted by Gasteiger charge is -2.49. The van der Waals surface area contributed by atoms with Crippen LogP contribution >= 0.6 is 0 Å². The second-order valence-corrected chi connectivity index (χ2v) is 6.08. The highest BCUT2D eigenvalue weighted by Crippen LogP contribution is 2.29. The molecule has 20 heavy (non-hydrogen) atoms. The van der Waals surface area contributed by atoms with Gasteiger partial charge in [-0.05, 0) is 32.4 Å². The van der Waals surface area contributed by atoms with E-state index in [4.69, 9.17) is 5.73 Å². The van der Waals surface area contributed by atoms with Crippen molar-refractivity contribution in [1.82, 2.24) is 19.8 Å². The van der Waals surface area contributed by atoms with Crippen LogP contribution in [0.3, 0.4) is 0 Å². The third-order valence-electron chi connectivity index (χ3n) is 4.81. The fourth-order valence-electron chi connectivity index (χ4n) is 3.73. The summed E-state index contributed by atoms with van der Waals surface area (Å²) in [4.78, 5) is 13.6. The van der Waals surface area contributed by atoms with Crippen LogP contribution in [0.1, 0.15) is 37.9 Å². The maximum atomic E-state index is 6.05. The van der Waals surface area contributed by atoms with Gasteiger partial charge in [-0.25, -0.2) is 9.97 Å². The lowest BCUT2D eigenvalue weighted by Crippen LogP contribution is -2.60. The Morgan fingerprint density at radius 3 is 3.05 bits per heavy atom. The van der Waals surface area contributed by atoms with E-state index in [1.807, 2.05) is 12.3 Å². The largest absolute Gasteiger partial charge is 0.329 e. The van der Waals surface area contributed by atoms with Gasteiger partial charge in [-0.1, -0.05) is 6.42 Å². The minimum atomic E-state index is 0.220. The molecule has 1 aromatic heterocycles. The van der Waals surface area contributed by atoms with E-state index in [9.17, 15) is 0 Å². The molecule has 2 fully saturated rings. The van der Waals surface area contributed by atoms with Gasteiger partial charge in [0, 0.05) is 37.9 Å². The molecule has 3 unspecified atom stereocenters. The predicted molar refractivity (Wildman–Crippen MR) is 79.2 cm³/mol. The van der Waals surface area contributed by atoms with E-state index in [0.717, 1.165) is 18.8 Å². The summed E-state index contributed by atoms with van der Waals surface area (Å²) in [5.41, 5.74) is 7.10. The Hall–Kier alpha value is -1.04. The number of piperazine rings is 1. The first-order valence-electron chi connectivity index (χ1n) is 7.75. The third-order valence-corrected chi connectivity index (χ3v) is 4.81. The van der Waals surface area contributed by atoms with Gasteiger partial charge in [0.15, 0.2) is 0 Å². The molecule has 1 aromatic rings. The Morgan fingerprint density at radius 2 is 2.30 bits per heavy atom. The Bertz CT molecular complexity index is 424. The van der Waals surface area contributed by atoms with Crippen LogP contribution in [0.5, 0.6) is 0 Å². The van der Waals surface area contributed by atoms with Crippen molar-refractivity contribution in [1.29, 1.82) is 0 Å². The van der Waals surface area contributed by atoms with Crippen molar-refractivity contribution in [2.75, 3.05) is 26.2 Å². The minimum Gasteiger partial charge on any atom is -0.329 e. The maximum Gasteiger partial charge on any atom is 0.115 e. The Kier molecular flexibility index (Phi) is 4.29. The van der Waals surface area contributed by atoms with Crippen molar-refractivity contribution in [3.63, 3.8) is 0 Å². The van der Waals surface area contributed by atoms with Crippen LogP contribution in [-0.2, 0) is 0 Å². The van der Waals surface area contributed by atoms with Crippen molar-refractivity contribution in [3.8, 4) is 0 Å². The normalized spacial score (nSPS) is 29.9. The van der Waals surface area contributed by atoms with E-state index < -0.39 is 0 Å². The summed E-state index contributed by atoms with van der Waals surface area (Å²) in [7, 11) is 0. The van der Waals surface area contributed by atoms with Crippen molar-refractivity contribution in [2.24, 2.45) is 5.73 Å². The molecule has 3 heterocycles. The molecule has 2 N–H and O–H groups in total. The molecule has 3 atom stereocenters. The molecule has 2 aliphatic rings. The van der Waals surface area contributed by atoms with Crippen molar-refractivity contribution >= 4 is 0 Å². The zero-order valence-corrected chi connectivity index (χ0v) is 12.3. The monoisotopic (exact) mass is 275 g/mol. The smallest absolute Gasteiger partial charge is 0.115 e. The maximum absolute atomic E-state index is 6.05. The van der Waals surface area contributed by atoms with Crippen LogP contribution in [0.4, 0.5) is 0 Å². The molecule has 0 bridgehead atoms. The molecule has 0 aliphatic carbocycles. The third kappa shape index (κ3) is 2.71. The van der Waals surface area contributed by atoms with E-state index in [1.54, 1.807) is 6.33 Å². The number of hydrogen-bond donors (Lipinski definition) is 1. The zero-order chi connectivity index (χ0) is 13.9. The van der Waals surface area contributed by atoms with Crippen LogP contribution < -0.4 is 5.73 Å². The van der Waals surface area contributed by atoms with Gasteiger partial charge in [-0.3, -0.25) is 9.80 Å². The first kappa shape index (κ1) is 13.9. The number of nitrogens with two attached hydrogens (primary N) is 1. The Morgan fingerprint density at radius 1 is 1.40 bits per heavy atom. The summed E-state index contributed by atoms with van der Waals surface area (Å²) in [6.07, 6.45) is 7.48. The lowest BCUT2D eigenvalue weighted by atomic mass is 9.95. The highest BCUT2D eigenvalue weighted by Gasteiger charge is 2.36. The van der Waals surface area contributed by atoms with Crippen molar-refractivity contribution < 1.29 is 0 Å². The highest BCUT2D eigenvalue weighted by atomic mass is 15.3.